The number of carbonyl (C=O) groups excluding carboxylic acids is 1. The molecule has 0 spiro atoms. The predicted octanol–water partition coefficient (Wildman–Crippen LogP) is 5.52. The largest absolute Gasteiger partial charge is 0.493 e. The number of methoxy groups -OCH3 is 2. The van der Waals surface area contributed by atoms with Crippen molar-refractivity contribution in [1.29, 1.82) is 0 Å². The molecule has 3 rings (SSSR count). The summed E-state index contributed by atoms with van der Waals surface area (Å²) in [7, 11) is -1.86. The standard InChI is InChI=1S/C24H22ClF3N2O5S/c1-15-11-17(25)7-9-20(15)29-23(31)14-30(18-6-4-5-16(12-18)24(26,27)28)36(32,33)19-8-10-21(34-2)22(13-19)35-3/h4-13H,14H2,1-3H3,(H,29,31). The van der Waals surface area contributed by atoms with Gasteiger partial charge in [0.25, 0.3) is 10.0 Å². The Morgan fingerprint density at radius 3 is 2.31 bits per heavy atom. The van der Waals surface area contributed by atoms with Crippen LogP contribution in [-0.4, -0.2) is 35.1 Å². The van der Waals surface area contributed by atoms with Crippen molar-refractivity contribution in [3.8, 4) is 11.5 Å². The van der Waals surface area contributed by atoms with Crippen molar-refractivity contribution in [2.45, 2.75) is 18.0 Å². The summed E-state index contributed by atoms with van der Waals surface area (Å²) in [4.78, 5) is 12.6. The quantitative estimate of drug-likeness (QED) is 0.405. The fourth-order valence-corrected chi connectivity index (χ4v) is 5.00. The van der Waals surface area contributed by atoms with Gasteiger partial charge >= 0.3 is 6.18 Å². The van der Waals surface area contributed by atoms with Crippen LogP contribution in [0.2, 0.25) is 5.02 Å². The van der Waals surface area contributed by atoms with Gasteiger partial charge in [-0.1, -0.05) is 17.7 Å². The van der Waals surface area contributed by atoms with Gasteiger partial charge in [-0.15, -0.1) is 0 Å². The Morgan fingerprint density at radius 2 is 1.69 bits per heavy atom. The summed E-state index contributed by atoms with van der Waals surface area (Å²) < 4.78 is 78.2. The van der Waals surface area contributed by atoms with E-state index in [1.165, 1.54) is 44.6 Å². The minimum atomic E-state index is -4.72. The Hall–Kier alpha value is -3.44. The molecule has 192 valence electrons. The highest BCUT2D eigenvalue weighted by Gasteiger charge is 2.33. The van der Waals surface area contributed by atoms with Crippen LogP contribution in [0, 0.1) is 6.92 Å². The van der Waals surface area contributed by atoms with E-state index in [0.717, 1.165) is 18.2 Å². The van der Waals surface area contributed by atoms with Gasteiger partial charge in [0, 0.05) is 16.8 Å². The van der Waals surface area contributed by atoms with Crippen LogP contribution in [0.25, 0.3) is 0 Å². The van der Waals surface area contributed by atoms with Gasteiger partial charge in [0.2, 0.25) is 5.91 Å². The molecule has 0 unspecified atom stereocenters. The van der Waals surface area contributed by atoms with Crippen molar-refractivity contribution < 1.29 is 35.9 Å². The highest BCUT2D eigenvalue weighted by atomic mass is 35.5. The van der Waals surface area contributed by atoms with Gasteiger partial charge in [0.1, 0.15) is 6.54 Å². The van der Waals surface area contributed by atoms with Gasteiger partial charge in [0.05, 0.1) is 30.4 Å². The van der Waals surface area contributed by atoms with Crippen molar-refractivity contribution in [2.75, 3.05) is 30.4 Å². The van der Waals surface area contributed by atoms with Gasteiger partial charge in [-0.3, -0.25) is 9.10 Å². The van der Waals surface area contributed by atoms with E-state index in [0.29, 0.717) is 26.6 Å². The Balaban J connectivity index is 2.07. The summed E-state index contributed by atoms with van der Waals surface area (Å²) in [5.41, 5.74) is -0.426. The Bertz CT molecular complexity index is 1380. The van der Waals surface area contributed by atoms with Crippen molar-refractivity contribution in [3.63, 3.8) is 0 Å². The smallest absolute Gasteiger partial charge is 0.416 e. The molecule has 1 amide bonds. The van der Waals surface area contributed by atoms with Gasteiger partial charge in [-0.2, -0.15) is 13.2 Å². The molecule has 0 fully saturated rings. The summed E-state index contributed by atoms with van der Waals surface area (Å²) in [6.07, 6.45) is -4.72. The van der Waals surface area contributed by atoms with E-state index in [2.05, 4.69) is 5.32 Å². The number of anilines is 2. The summed E-state index contributed by atoms with van der Waals surface area (Å²) >= 11 is 5.93. The summed E-state index contributed by atoms with van der Waals surface area (Å²) in [6, 6.07) is 12.1. The molecule has 0 heterocycles. The number of halogens is 4. The average molecular weight is 543 g/mol. The maximum atomic E-state index is 13.6. The molecule has 3 aromatic carbocycles. The Kier molecular flexibility index (Phi) is 8.05. The molecule has 7 nitrogen and oxygen atoms in total. The van der Waals surface area contributed by atoms with Crippen molar-refractivity contribution in [3.05, 3.63) is 76.8 Å². The third-order valence-corrected chi connectivity index (χ3v) is 7.16. The number of ether oxygens (including phenoxy) is 2. The molecule has 0 aromatic heterocycles. The molecule has 0 aliphatic heterocycles. The van der Waals surface area contributed by atoms with E-state index in [1.54, 1.807) is 13.0 Å². The van der Waals surface area contributed by atoms with Crippen molar-refractivity contribution in [2.24, 2.45) is 0 Å². The maximum Gasteiger partial charge on any atom is 0.416 e. The van der Waals surface area contributed by atoms with Crippen LogP contribution in [-0.2, 0) is 21.0 Å². The fourth-order valence-electron chi connectivity index (χ4n) is 3.34. The van der Waals surface area contributed by atoms with E-state index < -0.39 is 34.2 Å². The second-order valence-electron chi connectivity index (χ2n) is 7.58. The molecule has 0 bridgehead atoms. The molecular weight excluding hydrogens is 521 g/mol. The number of nitrogens with one attached hydrogen (secondary N) is 1. The Morgan fingerprint density at radius 1 is 1.00 bits per heavy atom. The van der Waals surface area contributed by atoms with E-state index in [-0.39, 0.29) is 22.1 Å². The van der Waals surface area contributed by atoms with E-state index in [4.69, 9.17) is 21.1 Å². The topological polar surface area (TPSA) is 84.9 Å². The highest BCUT2D eigenvalue weighted by molar-refractivity contribution is 7.92. The van der Waals surface area contributed by atoms with Crippen LogP contribution in [0.15, 0.2) is 65.6 Å². The molecule has 0 saturated carbocycles. The lowest BCUT2D eigenvalue weighted by Crippen LogP contribution is -2.38. The highest BCUT2D eigenvalue weighted by Crippen LogP contribution is 2.35. The molecular formula is C24H22ClF3N2O5S. The number of rotatable bonds is 8. The molecule has 0 aliphatic rings. The second kappa shape index (κ2) is 10.7. The van der Waals surface area contributed by atoms with Gasteiger partial charge in [-0.25, -0.2) is 8.42 Å². The van der Waals surface area contributed by atoms with Crippen molar-refractivity contribution in [1.82, 2.24) is 0 Å². The third-order valence-electron chi connectivity index (χ3n) is 5.15. The number of amides is 1. The predicted molar refractivity (Wildman–Crippen MR) is 130 cm³/mol. The first-order valence-electron chi connectivity index (χ1n) is 10.3. The molecule has 3 aromatic rings. The first kappa shape index (κ1) is 27.2. The first-order chi connectivity index (χ1) is 16.9. The molecule has 12 heteroatoms. The van der Waals surface area contributed by atoms with Crippen LogP contribution in [0.3, 0.4) is 0 Å². The van der Waals surface area contributed by atoms with Crippen LogP contribution in [0.5, 0.6) is 11.5 Å². The van der Waals surface area contributed by atoms with Crippen molar-refractivity contribution >= 4 is 38.9 Å². The summed E-state index contributed by atoms with van der Waals surface area (Å²) in [5.74, 6) is -0.441. The molecule has 36 heavy (non-hydrogen) atoms. The number of carbonyl (C=O) groups is 1. The first-order valence-corrected chi connectivity index (χ1v) is 12.2. The molecule has 0 saturated heterocycles. The molecule has 0 aliphatic carbocycles. The minimum absolute atomic E-state index is 0.0869. The maximum absolute atomic E-state index is 13.6. The lowest BCUT2D eigenvalue weighted by molar-refractivity contribution is -0.137. The number of hydrogen-bond donors (Lipinski definition) is 1. The summed E-state index contributed by atoms with van der Waals surface area (Å²) in [5, 5.41) is 3.01. The monoisotopic (exact) mass is 542 g/mol. The number of alkyl halides is 3. The van der Waals surface area contributed by atoms with Crippen LogP contribution in [0.4, 0.5) is 24.5 Å². The second-order valence-corrected chi connectivity index (χ2v) is 9.88. The average Bonchev–Trinajstić information content (AvgIpc) is 2.83. The SMILES string of the molecule is COc1ccc(S(=O)(=O)N(CC(=O)Nc2ccc(Cl)cc2C)c2cccc(C(F)(F)F)c2)cc1OC. The Labute approximate surface area is 211 Å². The van der Waals surface area contributed by atoms with Crippen LogP contribution in [0.1, 0.15) is 11.1 Å². The summed E-state index contributed by atoms with van der Waals surface area (Å²) in [6.45, 7) is 0.881. The number of sulfonamides is 1. The zero-order chi connectivity index (χ0) is 26.7. The number of nitrogens with zero attached hydrogens (tertiary/aromatic N) is 1. The zero-order valence-corrected chi connectivity index (χ0v) is 21.0. The van der Waals surface area contributed by atoms with E-state index in [9.17, 15) is 26.4 Å². The lowest BCUT2D eigenvalue weighted by atomic mass is 10.2. The van der Waals surface area contributed by atoms with Gasteiger partial charge in [-0.05, 0) is 61.0 Å². The normalized spacial score (nSPS) is 11.6. The molecule has 1 N–H and O–H groups in total. The van der Waals surface area contributed by atoms with Crippen LogP contribution < -0.4 is 19.1 Å². The van der Waals surface area contributed by atoms with E-state index >= 15 is 0 Å². The minimum Gasteiger partial charge on any atom is -0.493 e. The lowest BCUT2D eigenvalue weighted by Gasteiger charge is -2.25. The number of hydrogen-bond acceptors (Lipinski definition) is 5. The third kappa shape index (κ3) is 6.03. The van der Waals surface area contributed by atoms with Gasteiger partial charge < -0.3 is 14.8 Å². The molecule has 0 atom stereocenters. The number of aryl methyl sites for hydroxylation is 1. The number of benzene rings is 3. The van der Waals surface area contributed by atoms with E-state index in [1.807, 2.05) is 0 Å². The zero-order valence-electron chi connectivity index (χ0n) is 19.4. The fraction of sp³-hybridized carbons (Fsp3) is 0.208. The van der Waals surface area contributed by atoms with Gasteiger partial charge in [0.15, 0.2) is 11.5 Å². The molecule has 0 radical (unpaired) electrons. The van der Waals surface area contributed by atoms with Crippen LogP contribution >= 0.6 is 11.6 Å².